The fourth-order valence-electron chi connectivity index (χ4n) is 0.979. The number of benzene rings is 1. The molecule has 0 aliphatic carbocycles. The van der Waals surface area contributed by atoms with E-state index in [9.17, 15) is 26.7 Å². The zero-order valence-corrected chi connectivity index (χ0v) is 10.5. The van der Waals surface area contributed by atoms with Crippen molar-refractivity contribution in [3.05, 3.63) is 23.2 Å². The van der Waals surface area contributed by atoms with Crippen LogP contribution >= 0.6 is 23.4 Å². The van der Waals surface area contributed by atoms with E-state index >= 15 is 0 Å². The van der Waals surface area contributed by atoms with E-state index in [1.165, 1.54) is 24.3 Å². The summed E-state index contributed by atoms with van der Waals surface area (Å²) in [6.07, 6.45) is -4.36. The third-order valence-corrected chi connectivity index (χ3v) is 3.51. The molecule has 0 fully saturated rings. The van der Waals surface area contributed by atoms with E-state index in [0.717, 1.165) is 0 Å². The Hall–Kier alpha value is -1.11. The van der Waals surface area contributed by atoms with Crippen LogP contribution in [0.25, 0.3) is 0 Å². The minimum absolute atomic E-state index is 0.0374. The van der Waals surface area contributed by atoms with Crippen molar-refractivity contribution in [3.63, 3.8) is 0 Å². The van der Waals surface area contributed by atoms with Crippen LogP contribution in [0.5, 0.6) is 0 Å². The van der Waals surface area contributed by atoms with Gasteiger partial charge in [-0.05, 0) is 18.2 Å². The zero-order chi connectivity index (χ0) is 14.7. The van der Waals surface area contributed by atoms with Crippen LogP contribution in [0.2, 0.25) is 5.02 Å². The molecule has 0 unspecified atom stereocenters. The molecule has 19 heavy (non-hydrogen) atoms. The first-order valence-corrected chi connectivity index (χ1v) is 5.98. The van der Waals surface area contributed by atoms with Gasteiger partial charge in [-0.3, -0.25) is 0 Å². The van der Waals surface area contributed by atoms with E-state index in [0.29, 0.717) is 0 Å². The molecule has 0 heterocycles. The average molecular weight is 318 g/mol. The van der Waals surface area contributed by atoms with Crippen molar-refractivity contribution in [2.45, 2.75) is 17.0 Å². The predicted octanol–water partition coefficient (Wildman–Crippen LogP) is 4.60. The number of nitrogens with zero attached hydrogens (tertiary/aromatic N) is 1. The first-order chi connectivity index (χ1) is 8.67. The number of thioether (sulfide) groups is 1. The molecule has 2 nitrogen and oxygen atoms in total. The van der Waals surface area contributed by atoms with Crippen LogP contribution in [0.15, 0.2) is 28.1 Å². The Kier molecular flexibility index (Phi) is 4.95. The van der Waals surface area contributed by atoms with Gasteiger partial charge < -0.3 is 0 Å². The molecule has 0 radical (unpaired) electrons. The van der Waals surface area contributed by atoms with Gasteiger partial charge >= 0.3 is 12.1 Å². The summed E-state index contributed by atoms with van der Waals surface area (Å²) in [4.78, 5) is 13.2. The largest absolute Gasteiger partial charge is 0.454 e. The van der Waals surface area contributed by atoms with Crippen molar-refractivity contribution < 1.29 is 26.7 Å². The Balaban J connectivity index is 2.82. The second-order valence-electron chi connectivity index (χ2n) is 3.31. The number of hydrogen-bond acceptors (Lipinski definition) is 3. The van der Waals surface area contributed by atoms with Crippen molar-refractivity contribution in [1.82, 2.24) is 0 Å². The highest BCUT2D eigenvalue weighted by Gasteiger charge is 2.57. The van der Waals surface area contributed by atoms with Crippen molar-refractivity contribution in [1.29, 1.82) is 0 Å². The van der Waals surface area contributed by atoms with E-state index < -0.39 is 17.9 Å². The maximum atomic E-state index is 12.7. The van der Waals surface area contributed by atoms with Crippen LogP contribution in [0.4, 0.5) is 27.6 Å². The number of halogens is 6. The number of aliphatic imine (C=N–C) groups is 1. The predicted molar refractivity (Wildman–Crippen MR) is 61.0 cm³/mol. The Bertz CT molecular complexity index is 513. The second kappa shape index (κ2) is 5.90. The standard InChI is InChI=1S/C10H5ClF5NOS/c11-7-3-6(17-5-18)1-2-8(7)19-4-9(12,13)10(14,15)16/h1-3H,4H2. The molecule has 1 aromatic rings. The molecule has 104 valence electrons. The lowest BCUT2D eigenvalue weighted by atomic mass is 10.3. The van der Waals surface area contributed by atoms with Crippen LogP contribution in [0.1, 0.15) is 0 Å². The van der Waals surface area contributed by atoms with E-state index in [1.807, 2.05) is 0 Å². The van der Waals surface area contributed by atoms with Gasteiger partial charge in [0.05, 0.1) is 16.5 Å². The van der Waals surface area contributed by atoms with Crippen molar-refractivity contribution in [2.24, 2.45) is 4.99 Å². The van der Waals surface area contributed by atoms with Crippen LogP contribution in [0.3, 0.4) is 0 Å². The van der Waals surface area contributed by atoms with E-state index in [2.05, 4.69) is 4.99 Å². The first kappa shape index (κ1) is 15.9. The molecule has 1 aromatic carbocycles. The Labute approximate surface area is 113 Å². The minimum Gasteiger partial charge on any atom is -0.211 e. The highest BCUT2D eigenvalue weighted by molar-refractivity contribution is 7.99. The number of rotatable bonds is 4. The molecule has 1 rings (SSSR count). The van der Waals surface area contributed by atoms with Crippen LogP contribution < -0.4 is 0 Å². The highest BCUT2D eigenvalue weighted by atomic mass is 35.5. The number of hydrogen-bond donors (Lipinski definition) is 0. The quantitative estimate of drug-likeness (QED) is 0.351. The molecular weight excluding hydrogens is 313 g/mol. The van der Waals surface area contributed by atoms with Gasteiger partial charge in [0, 0.05) is 4.90 Å². The fraction of sp³-hybridized carbons (Fsp3) is 0.300. The third-order valence-electron chi connectivity index (χ3n) is 1.91. The Morgan fingerprint density at radius 1 is 1.26 bits per heavy atom. The molecular formula is C10H5ClF5NOS. The van der Waals surface area contributed by atoms with E-state index in [-0.39, 0.29) is 27.4 Å². The maximum Gasteiger partial charge on any atom is 0.454 e. The first-order valence-electron chi connectivity index (χ1n) is 4.62. The van der Waals surface area contributed by atoms with Gasteiger partial charge in [-0.25, -0.2) is 4.79 Å². The number of carbonyl (C=O) groups excluding carboxylic acids is 1. The lowest BCUT2D eigenvalue weighted by Gasteiger charge is -2.19. The summed E-state index contributed by atoms with van der Waals surface area (Å²) in [6.45, 7) is 0. The highest BCUT2D eigenvalue weighted by Crippen LogP contribution is 2.41. The molecule has 0 amide bonds. The van der Waals surface area contributed by atoms with Crippen LogP contribution in [-0.4, -0.2) is 23.9 Å². The topological polar surface area (TPSA) is 29.4 Å². The smallest absolute Gasteiger partial charge is 0.211 e. The third kappa shape index (κ3) is 4.19. The van der Waals surface area contributed by atoms with E-state index in [1.54, 1.807) is 0 Å². The van der Waals surface area contributed by atoms with Crippen molar-refractivity contribution in [2.75, 3.05) is 5.75 Å². The summed E-state index contributed by atoms with van der Waals surface area (Å²) in [7, 11) is 0. The summed E-state index contributed by atoms with van der Waals surface area (Å²) in [5.74, 6) is -6.28. The van der Waals surface area contributed by atoms with Gasteiger partial charge in [0.1, 0.15) is 0 Å². The molecule has 0 atom stereocenters. The molecule has 0 aromatic heterocycles. The van der Waals surface area contributed by atoms with E-state index in [4.69, 9.17) is 11.6 Å². The van der Waals surface area contributed by atoms with Gasteiger partial charge in [0.25, 0.3) is 0 Å². The summed E-state index contributed by atoms with van der Waals surface area (Å²) in [5, 5.41) is -0.0699. The number of isocyanates is 1. The molecule has 0 spiro atoms. The molecule has 0 saturated carbocycles. The normalized spacial score (nSPS) is 12.1. The van der Waals surface area contributed by atoms with Gasteiger partial charge in [0.2, 0.25) is 6.08 Å². The molecule has 0 N–H and O–H groups in total. The maximum absolute atomic E-state index is 12.7. The van der Waals surface area contributed by atoms with Gasteiger partial charge in [-0.1, -0.05) is 11.6 Å². The van der Waals surface area contributed by atoms with Crippen LogP contribution in [-0.2, 0) is 4.79 Å². The monoisotopic (exact) mass is 317 g/mol. The minimum atomic E-state index is -5.60. The lowest BCUT2D eigenvalue weighted by molar-refractivity contribution is -0.271. The van der Waals surface area contributed by atoms with Gasteiger partial charge in [-0.15, -0.1) is 11.8 Å². The Morgan fingerprint density at radius 3 is 2.37 bits per heavy atom. The molecule has 0 saturated heterocycles. The number of alkyl halides is 5. The Morgan fingerprint density at radius 2 is 1.89 bits per heavy atom. The van der Waals surface area contributed by atoms with Gasteiger partial charge in [-0.2, -0.15) is 26.9 Å². The van der Waals surface area contributed by atoms with Gasteiger partial charge in [0.15, 0.2) is 0 Å². The lowest BCUT2D eigenvalue weighted by Crippen LogP contribution is -2.38. The average Bonchev–Trinajstić information content (AvgIpc) is 2.27. The summed E-state index contributed by atoms with van der Waals surface area (Å²) in [6, 6.07) is 3.63. The summed E-state index contributed by atoms with van der Waals surface area (Å²) < 4.78 is 61.2. The summed E-state index contributed by atoms with van der Waals surface area (Å²) in [5.41, 5.74) is 0.131. The molecule has 0 bridgehead atoms. The molecule has 9 heteroatoms. The SMILES string of the molecule is O=C=Nc1ccc(SCC(F)(F)C(F)(F)F)c(Cl)c1. The second-order valence-corrected chi connectivity index (χ2v) is 4.73. The molecule has 0 aliphatic heterocycles. The summed E-state index contributed by atoms with van der Waals surface area (Å²) >= 11 is 5.94. The van der Waals surface area contributed by atoms with Crippen LogP contribution in [0, 0.1) is 0 Å². The van der Waals surface area contributed by atoms with Crippen molar-refractivity contribution in [3.8, 4) is 0 Å². The fourth-order valence-corrected chi connectivity index (χ4v) is 2.18. The zero-order valence-electron chi connectivity index (χ0n) is 8.97. The van der Waals surface area contributed by atoms with Crippen molar-refractivity contribution >= 4 is 35.1 Å². The molecule has 0 aliphatic rings.